The van der Waals surface area contributed by atoms with E-state index in [0.29, 0.717) is 120 Å². The lowest BCUT2D eigenvalue weighted by Crippen LogP contribution is -2.23. The third-order valence-electron chi connectivity index (χ3n) is 18.7. The molecule has 0 saturated carbocycles. The fraction of sp³-hybridized carbons (Fsp3) is 0.654. The van der Waals surface area contributed by atoms with Gasteiger partial charge in [-0.3, -0.25) is 14.4 Å². The summed E-state index contributed by atoms with van der Waals surface area (Å²) in [5.74, 6) is -1.48. The lowest BCUT2D eigenvalue weighted by molar-refractivity contribution is 0.0598. The number of hydrogen-bond donors (Lipinski definition) is 4. The molecule has 0 fully saturated rings. The van der Waals surface area contributed by atoms with Gasteiger partial charge < -0.3 is 45.4 Å². The number of carbonyl (C=O) groups is 4. The van der Waals surface area contributed by atoms with Crippen LogP contribution in [-0.4, -0.2) is 85.7 Å². The molecule has 4 aromatic rings. The van der Waals surface area contributed by atoms with E-state index in [-0.39, 0.29) is 24.3 Å². The Hall–Kier alpha value is -5.60. The Bertz CT molecular complexity index is 2790. The molecule has 13 heteroatoms. The molecule has 0 aliphatic rings. The van der Waals surface area contributed by atoms with Crippen LogP contribution in [-0.2, 0) is 75.1 Å². The number of hydrogen-bond acceptors (Lipinski definition) is 10. The third-order valence-corrected chi connectivity index (χ3v) is 18.7. The lowest BCUT2D eigenvalue weighted by Gasteiger charge is -2.22. The van der Waals surface area contributed by atoms with Gasteiger partial charge in [-0.05, 0) is 170 Å². The van der Waals surface area contributed by atoms with Gasteiger partial charge in [0.25, 0.3) is 17.7 Å². The highest BCUT2D eigenvalue weighted by molar-refractivity contribution is 6.12. The maximum absolute atomic E-state index is 15.8. The second-order valence-corrected chi connectivity index (χ2v) is 26.4. The van der Waals surface area contributed by atoms with Crippen LogP contribution >= 0.6 is 0 Å². The molecule has 0 spiro atoms. The van der Waals surface area contributed by atoms with Crippen LogP contribution in [0, 0.1) is 0 Å². The van der Waals surface area contributed by atoms with Crippen molar-refractivity contribution in [2.24, 2.45) is 0 Å². The largest absolute Gasteiger partial charge is 0.465 e. The number of esters is 1. The number of nitrogen functional groups attached to an aromatic ring is 1. The first-order chi connectivity index (χ1) is 45.9. The molecule has 4 rings (SSSR count). The van der Waals surface area contributed by atoms with Crippen molar-refractivity contribution in [2.45, 2.75) is 285 Å². The minimum atomic E-state index is -0.470. The highest BCUT2D eigenvalue weighted by Gasteiger charge is 2.26. The van der Waals surface area contributed by atoms with E-state index in [1.807, 2.05) is 42.5 Å². The Morgan fingerprint density at radius 1 is 0.298 bits per heavy atom. The standard InChI is InChI=1S/C81H128N4O9/c1-10-14-18-22-26-30-34-38-42-62-54-70(66(46-50-90-5)74(82)58-62)78(86)83-75-59-63(43-39-35-31-27-23-19-15-11-2)55-71(67(75)47-51-91-6)79(87)84-76-60-64(44-40-36-32-28-24-20-16-12-3)56-72(68(76)48-52-92-7)80(88)85-77-61-65(45-41-37-33-29-25-21-17-13-4)57-73(81(89)94-9)69(77)49-53-93-8/h54-61H,10-53,82H2,1-9H3,(H,83,86)(H,84,87)(H,85,88). The van der Waals surface area contributed by atoms with Crippen molar-refractivity contribution in [3.63, 3.8) is 0 Å². The van der Waals surface area contributed by atoms with E-state index < -0.39 is 5.97 Å². The summed E-state index contributed by atoms with van der Waals surface area (Å²) >= 11 is 0. The minimum absolute atomic E-state index is 0.279. The number of methoxy groups -OCH3 is 5. The quantitative estimate of drug-likeness (QED) is 0.0189. The molecule has 0 aliphatic carbocycles. The molecule has 4 aromatic carbocycles. The lowest BCUT2D eigenvalue weighted by atomic mass is 9.93. The predicted octanol–water partition coefficient (Wildman–Crippen LogP) is 20.3. The summed E-state index contributed by atoms with van der Waals surface area (Å²) in [6, 6.07) is 16.0. The van der Waals surface area contributed by atoms with Crippen molar-refractivity contribution in [1.29, 1.82) is 0 Å². The van der Waals surface area contributed by atoms with Crippen LogP contribution in [0.1, 0.15) is 319 Å². The summed E-state index contributed by atoms with van der Waals surface area (Å²) < 4.78 is 28.1. The second-order valence-electron chi connectivity index (χ2n) is 26.4. The molecule has 0 aromatic heterocycles. The highest BCUT2D eigenvalue weighted by atomic mass is 16.5. The summed E-state index contributed by atoms with van der Waals surface area (Å²) in [4.78, 5) is 60.1. The van der Waals surface area contributed by atoms with Gasteiger partial charge in [-0.2, -0.15) is 0 Å². The van der Waals surface area contributed by atoms with Gasteiger partial charge in [-0.15, -0.1) is 0 Å². The van der Waals surface area contributed by atoms with Gasteiger partial charge in [0.2, 0.25) is 0 Å². The van der Waals surface area contributed by atoms with Gasteiger partial charge in [-0.1, -0.05) is 207 Å². The molecule has 0 atom stereocenters. The molecule has 0 aliphatic heterocycles. The zero-order valence-corrected chi connectivity index (χ0v) is 60.5. The van der Waals surface area contributed by atoms with Crippen LogP contribution in [0.5, 0.6) is 0 Å². The summed E-state index contributed by atoms with van der Waals surface area (Å²) in [5, 5.41) is 10.1. The number of aryl methyl sites for hydroxylation is 4. The molecule has 94 heavy (non-hydrogen) atoms. The third kappa shape index (κ3) is 30.2. The molecule has 13 nitrogen and oxygen atoms in total. The molecule has 5 N–H and O–H groups in total. The molecule has 0 radical (unpaired) electrons. The SMILES string of the molecule is CCCCCCCCCCc1cc(N)c(CCOC)c(C(=O)Nc2cc(CCCCCCCCCC)cc(C(=O)Nc3cc(CCCCCCCCCC)cc(C(=O)Nc4cc(CCCCCCCCCC)cc(C(=O)OC)c4CCOC)c3CCOC)c2CCOC)c1. The van der Waals surface area contributed by atoms with Crippen LogP contribution in [0.4, 0.5) is 22.7 Å². The Morgan fingerprint density at radius 2 is 0.532 bits per heavy atom. The van der Waals surface area contributed by atoms with E-state index in [9.17, 15) is 4.79 Å². The number of nitrogens with two attached hydrogens (primary N) is 1. The number of benzene rings is 4. The zero-order chi connectivity index (χ0) is 68.0. The Labute approximate surface area is 570 Å². The maximum atomic E-state index is 15.8. The maximum Gasteiger partial charge on any atom is 0.338 e. The smallest absolute Gasteiger partial charge is 0.338 e. The molecular formula is C81H128N4O9. The number of anilines is 4. The first kappa shape index (κ1) is 80.8. The van der Waals surface area contributed by atoms with Crippen molar-refractivity contribution in [3.05, 3.63) is 115 Å². The van der Waals surface area contributed by atoms with E-state index in [1.165, 1.54) is 142 Å². The van der Waals surface area contributed by atoms with Gasteiger partial charge in [0.15, 0.2) is 0 Å². The van der Waals surface area contributed by atoms with Gasteiger partial charge >= 0.3 is 5.97 Å². The summed E-state index contributed by atoms with van der Waals surface area (Å²) in [7, 11) is 7.96. The van der Waals surface area contributed by atoms with Gasteiger partial charge in [-0.25, -0.2) is 4.79 Å². The van der Waals surface area contributed by atoms with Crippen LogP contribution in [0.2, 0.25) is 0 Å². The minimum Gasteiger partial charge on any atom is -0.465 e. The highest BCUT2D eigenvalue weighted by Crippen LogP contribution is 2.34. The van der Waals surface area contributed by atoms with Gasteiger partial charge in [0, 0.05) is 67.9 Å². The molecule has 0 bridgehead atoms. The van der Waals surface area contributed by atoms with Crippen molar-refractivity contribution in [3.8, 4) is 0 Å². The number of carbonyl (C=O) groups excluding carboxylic acids is 4. The predicted molar refractivity (Wildman–Crippen MR) is 393 cm³/mol. The molecule has 0 unspecified atom stereocenters. The van der Waals surface area contributed by atoms with Crippen molar-refractivity contribution in [2.75, 3.05) is 83.7 Å². The van der Waals surface area contributed by atoms with E-state index in [0.717, 1.165) is 111 Å². The fourth-order valence-corrected chi connectivity index (χ4v) is 13.1. The normalized spacial score (nSPS) is 11.4. The molecule has 0 saturated heterocycles. The fourth-order valence-electron chi connectivity index (χ4n) is 13.1. The summed E-state index contributed by atoms with van der Waals surface area (Å²) in [6.45, 7) is 10.3. The summed E-state index contributed by atoms with van der Waals surface area (Å²) in [6.07, 6.45) is 41.9. The first-order valence-corrected chi connectivity index (χ1v) is 37.3. The number of rotatable bonds is 55. The topological polar surface area (TPSA) is 177 Å². The van der Waals surface area contributed by atoms with Crippen LogP contribution in [0.25, 0.3) is 0 Å². The van der Waals surface area contributed by atoms with Crippen molar-refractivity contribution < 1.29 is 42.9 Å². The monoisotopic (exact) mass is 1300 g/mol. The van der Waals surface area contributed by atoms with E-state index in [2.05, 4.69) is 49.7 Å². The second kappa shape index (κ2) is 49.9. The van der Waals surface area contributed by atoms with Crippen LogP contribution in [0.3, 0.4) is 0 Å². The molecule has 3 amide bonds. The first-order valence-electron chi connectivity index (χ1n) is 37.3. The number of unbranched alkanes of at least 4 members (excludes halogenated alkanes) is 28. The average Bonchev–Trinajstić information content (AvgIpc) is 0.807. The molecular weight excluding hydrogens is 1170 g/mol. The van der Waals surface area contributed by atoms with E-state index in [1.54, 1.807) is 28.4 Å². The van der Waals surface area contributed by atoms with Crippen LogP contribution < -0.4 is 21.7 Å². The Kier molecular flexibility index (Phi) is 42.9. The summed E-state index contributed by atoms with van der Waals surface area (Å²) in [5.41, 5.74) is 17.3. The number of ether oxygens (including phenoxy) is 5. The average molecular weight is 1300 g/mol. The number of amides is 3. The molecule has 0 heterocycles. The molecule has 526 valence electrons. The zero-order valence-electron chi connectivity index (χ0n) is 60.5. The Morgan fingerprint density at radius 3 is 0.809 bits per heavy atom. The van der Waals surface area contributed by atoms with E-state index >= 15 is 14.4 Å². The van der Waals surface area contributed by atoms with E-state index in [4.69, 9.17) is 29.4 Å². The van der Waals surface area contributed by atoms with Crippen LogP contribution in [0.15, 0.2) is 48.5 Å². The van der Waals surface area contributed by atoms with Gasteiger partial charge in [0.05, 0.1) is 39.1 Å². The van der Waals surface area contributed by atoms with Crippen molar-refractivity contribution in [1.82, 2.24) is 0 Å². The number of nitrogens with one attached hydrogen (secondary N) is 3. The van der Waals surface area contributed by atoms with Gasteiger partial charge in [0.1, 0.15) is 0 Å². The van der Waals surface area contributed by atoms with Crippen molar-refractivity contribution >= 4 is 46.4 Å². The Balaban J connectivity index is 1.89.